The van der Waals surface area contributed by atoms with Crippen molar-refractivity contribution in [3.05, 3.63) is 0 Å². The Hall–Kier alpha value is -2.10. The molecule has 1 unspecified atom stereocenters. The summed E-state index contributed by atoms with van der Waals surface area (Å²) >= 11 is 0. The molecule has 7 nitrogen and oxygen atoms in total. The molecule has 0 aromatic heterocycles. The van der Waals surface area contributed by atoms with Crippen LogP contribution < -0.4 is 5.32 Å². The van der Waals surface area contributed by atoms with Gasteiger partial charge in [0.25, 0.3) is 0 Å². The van der Waals surface area contributed by atoms with Crippen molar-refractivity contribution in [3.8, 4) is 6.07 Å². The van der Waals surface area contributed by atoms with Gasteiger partial charge in [0.05, 0.1) is 25.0 Å². The average molecular weight is 253 g/mol. The van der Waals surface area contributed by atoms with Gasteiger partial charge in [0.15, 0.2) is 0 Å². The summed E-state index contributed by atoms with van der Waals surface area (Å²) in [6, 6.07) is 1.88. The van der Waals surface area contributed by atoms with Gasteiger partial charge in [-0.2, -0.15) is 5.26 Å². The first-order valence-corrected chi connectivity index (χ1v) is 5.69. The number of piperidine rings is 1. The van der Waals surface area contributed by atoms with E-state index >= 15 is 0 Å². The van der Waals surface area contributed by atoms with Crippen molar-refractivity contribution in [1.29, 1.82) is 5.26 Å². The van der Waals surface area contributed by atoms with Crippen LogP contribution in [-0.2, 0) is 14.4 Å². The minimum atomic E-state index is -0.947. The molecule has 7 heteroatoms. The molecule has 18 heavy (non-hydrogen) atoms. The van der Waals surface area contributed by atoms with Gasteiger partial charge in [-0.3, -0.25) is 14.4 Å². The quantitative estimate of drug-likeness (QED) is 0.632. The first-order valence-electron chi connectivity index (χ1n) is 5.69. The summed E-state index contributed by atoms with van der Waals surface area (Å²) in [4.78, 5) is 35.1. The Labute approximate surface area is 104 Å². The Bertz CT molecular complexity index is 388. The normalized spacial score (nSPS) is 19.2. The number of hydrogen-bond donors (Lipinski definition) is 2. The van der Waals surface area contributed by atoms with Crippen LogP contribution >= 0.6 is 0 Å². The highest BCUT2D eigenvalue weighted by Gasteiger charge is 2.30. The summed E-state index contributed by atoms with van der Waals surface area (Å²) < 4.78 is 0. The molecule has 0 spiro atoms. The molecule has 1 fully saturated rings. The highest BCUT2D eigenvalue weighted by atomic mass is 16.4. The fraction of sp³-hybridized carbons (Fsp3) is 0.636. The summed E-state index contributed by atoms with van der Waals surface area (Å²) in [6.07, 6.45) is 0.681. The molecule has 1 heterocycles. The molecule has 0 bridgehead atoms. The van der Waals surface area contributed by atoms with Gasteiger partial charge in [0.2, 0.25) is 11.8 Å². The van der Waals surface area contributed by atoms with Crippen molar-refractivity contribution in [3.63, 3.8) is 0 Å². The van der Waals surface area contributed by atoms with E-state index in [1.54, 1.807) is 0 Å². The zero-order chi connectivity index (χ0) is 13.5. The number of nitriles is 1. The van der Waals surface area contributed by atoms with Gasteiger partial charge in [-0.1, -0.05) is 0 Å². The number of carbonyl (C=O) groups excluding carboxylic acids is 2. The number of carbonyl (C=O) groups is 3. The SMILES string of the molecule is N#CCCNC(=O)CN1CC(C(=O)O)CCC1=O. The summed E-state index contributed by atoms with van der Waals surface area (Å²) in [6.45, 7) is 0.160. The second-order valence-electron chi connectivity index (χ2n) is 4.11. The number of carboxylic acids is 1. The minimum Gasteiger partial charge on any atom is -0.481 e. The molecule has 0 aromatic carbocycles. The predicted octanol–water partition coefficient (Wildman–Crippen LogP) is -0.661. The van der Waals surface area contributed by atoms with Gasteiger partial charge >= 0.3 is 5.97 Å². The molecule has 1 aliphatic heterocycles. The molecule has 0 saturated carbocycles. The Balaban J connectivity index is 2.44. The van der Waals surface area contributed by atoms with Gasteiger partial charge in [-0.15, -0.1) is 0 Å². The molecule has 1 saturated heterocycles. The molecular formula is C11H15N3O4. The van der Waals surface area contributed by atoms with E-state index in [0.29, 0.717) is 6.42 Å². The summed E-state index contributed by atoms with van der Waals surface area (Å²) in [7, 11) is 0. The Kier molecular flexibility index (Phi) is 5.11. The van der Waals surface area contributed by atoms with Crippen LogP contribution in [-0.4, -0.2) is 47.4 Å². The van der Waals surface area contributed by atoms with Crippen LogP contribution in [0.3, 0.4) is 0 Å². The van der Waals surface area contributed by atoms with E-state index in [1.165, 1.54) is 4.90 Å². The second-order valence-corrected chi connectivity index (χ2v) is 4.11. The van der Waals surface area contributed by atoms with Crippen LogP contribution in [0.1, 0.15) is 19.3 Å². The molecule has 0 radical (unpaired) electrons. The molecular weight excluding hydrogens is 238 g/mol. The molecule has 98 valence electrons. The Morgan fingerprint density at radius 3 is 2.89 bits per heavy atom. The first-order chi connectivity index (χ1) is 8.54. The lowest BCUT2D eigenvalue weighted by molar-refractivity contribution is -0.149. The van der Waals surface area contributed by atoms with Gasteiger partial charge in [0.1, 0.15) is 0 Å². The van der Waals surface area contributed by atoms with E-state index < -0.39 is 11.9 Å². The summed E-state index contributed by atoms with van der Waals surface area (Å²) in [5, 5.41) is 19.7. The number of carboxylic acid groups (broad SMARTS) is 1. The number of nitrogens with one attached hydrogen (secondary N) is 1. The zero-order valence-corrected chi connectivity index (χ0v) is 9.89. The van der Waals surface area contributed by atoms with E-state index in [2.05, 4.69) is 5.32 Å². The number of nitrogens with zero attached hydrogens (tertiary/aromatic N) is 2. The summed E-state index contributed by atoms with van der Waals surface area (Å²) in [5.41, 5.74) is 0. The molecule has 0 aromatic rings. The minimum absolute atomic E-state index is 0.0693. The lowest BCUT2D eigenvalue weighted by Gasteiger charge is -2.29. The van der Waals surface area contributed by atoms with E-state index in [0.717, 1.165) is 0 Å². The third-order valence-corrected chi connectivity index (χ3v) is 2.74. The monoisotopic (exact) mass is 253 g/mol. The molecule has 1 aliphatic rings. The van der Waals surface area contributed by atoms with Crippen LogP contribution in [0.4, 0.5) is 0 Å². The maximum absolute atomic E-state index is 11.5. The topological polar surface area (TPSA) is 110 Å². The van der Waals surface area contributed by atoms with Crippen molar-refractivity contribution < 1.29 is 19.5 Å². The van der Waals surface area contributed by atoms with E-state index in [1.807, 2.05) is 6.07 Å². The van der Waals surface area contributed by atoms with Crippen molar-refractivity contribution in [2.45, 2.75) is 19.3 Å². The largest absolute Gasteiger partial charge is 0.481 e. The number of aliphatic carboxylic acids is 1. The lowest BCUT2D eigenvalue weighted by atomic mass is 9.98. The van der Waals surface area contributed by atoms with E-state index in [-0.39, 0.29) is 44.3 Å². The third kappa shape index (κ3) is 4.05. The summed E-state index contributed by atoms with van der Waals surface area (Å²) in [5.74, 6) is -2.13. The molecule has 1 rings (SSSR count). The van der Waals surface area contributed by atoms with Gasteiger partial charge in [-0.05, 0) is 6.42 Å². The van der Waals surface area contributed by atoms with E-state index in [4.69, 9.17) is 10.4 Å². The smallest absolute Gasteiger partial charge is 0.308 e. The van der Waals surface area contributed by atoms with Crippen molar-refractivity contribution in [2.24, 2.45) is 5.92 Å². The Morgan fingerprint density at radius 2 is 2.28 bits per heavy atom. The Morgan fingerprint density at radius 1 is 1.56 bits per heavy atom. The van der Waals surface area contributed by atoms with Gasteiger partial charge in [0, 0.05) is 19.5 Å². The predicted molar refractivity (Wildman–Crippen MR) is 60.2 cm³/mol. The molecule has 2 amide bonds. The maximum atomic E-state index is 11.5. The molecule has 2 N–H and O–H groups in total. The second kappa shape index (κ2) is 6.59. The third-order valence-electron chi connectivity index (χ3n) is 2.74. The van der Waals surface area contributed by atoms with Crippen molar-refractivity contribution in [1.82, 2.24) is 10.2 Å². The van der Waals surface area contributed by atoms with Crippen LogP contribution in [0.2, 0.25) is 0 Å². The molecule has 0 aliphatic carbocycles. The highest BCUT2D eigenvalue weighted by Crippen LogP contribution is 2.17. The van der Waals surface area contributed by atoms with Crippen LogP contribution in [0.25, 0.3) is 0 Å². The highest BCUT2D eigenvalue weighted by molar-refractivity contribution is 5.86. The van der Waals surface area contributed by atoms with Crippen LogP contribution in [0, 0.1) is 17.2 Å². The number of rotatable bonds is 5. The van der Waals surface area contributed by atoms with E-state index in [9.17, 15) is 14.4 Å². The van der Waals surface area contributed by atoms with Gasteiger partial charge in [-0.25, -0.2) is 0 Å². The van der Waals surface area contributed by atoms with Crippen molar-refractivity contribution >= 4 is 17.8 Å². The maximum Gasteiger partial charge on any atom is 0.308 e. The number of hydrogen-bond acceptors (Lipinski definition) is 4. The lowest BCUT2D eigenvalue weighted by Crippen LogP contribution is -2.47. The van der Waals surface area contributed by atoms with Gasteiger partial charge < -0.3 is 15.3 Å². The fourth-order valence-electron chi connectivity index (χ4n) is 1.76. The average Bonchev–Trinajstić information content (AvgIpc) is 2.32. The van der Waals surface area contributed by atoms with Crippen LogP contribution in [0.5, 0.6) is 0 Å². The number of amides is 2. The zero-order valence-electron chi connectivity index (χ0n) is 9.89. The van der Waals surface area contributed by atoms with Crippen LogP contribution in [0.15, 0.2) is 0 Å². The number of likely N-dealkylation sites (tertiary alicyclic amines) is 1. The fourth-order valence-corrected chi connectivity index (χ4v) is 1.76. The van der Waals surface area contributed by atoms with Crippen molar-refractivity contribution in [2.75, 3.05) is 19.6 Å². The molecule has 1 atom stereocenters. The standard InChI is InChI=1S/C11H15N3O4/c12-4-1-5-13-9(15)7-14-6-8(11(17)18)2-3-10(14)16/h8H,1-3,5-7H2,(H,13,15)(H,17,18). The first kappa shape index (κ1) is 14.0.